The highest BCUT2D eigenvalue weighted by atomic mass is 35.5. The third-order valence-electron chi connectivity index (χ3n) is 4.27. The molecule has 1 atom stereocenters. The molecule has 1 unspecified atom stereocenters. The fraction of sp³-hybridized carbons (Fsp3) is 0.222. The van der Waals surface area contributed by atoms with Crippen LogP contribution in [0.3, 0.4) is 0 Å². The lowest BCUT2D eigenvalue weighted by molar-refractivity contribution is 0.236. The first kappa shape index (κ1) is 17.1. The minimum Gasteiger partial charge on any atom is -0.462 e. The van der Waals surface area contributed by atoms with Crippen LogP contribution in [0.25, 0.3) is 0 Å². The van der Waals surface area contributed by atoms with Crippen LogP contribution in [0.5, 0.6) is 5.75 Å². The summed E-state index contributed by atoms with van der Waals surface area (Å²) in [5.74, 6) is 1.62. The summed E-state index contributed by atoms with van der Waals surface area (Å²) in [6.45, 7) is 1.94. The highest BCUT2D eigenvalue weighted by Crippen LogP contribution is 2.43. The Kier molecular flexibility index (Phi) is 4.42. The number of halogens is 1. The van der Waals surface area contributed by atoms with Gasteiger partial charge in [-0.3, -0.25) is 4.68 Å². The minimum atomic E-state index is -0.241. The standard InChI is InChI=1S/C18H18ClN5OS/c1-11-15(16(19)24(3)21-11)26-22-13-8-5-4-7-12(13)18-23(2)17-14(25-18)9-6-10-20-17/h4-10,18,22H,1-3H3. The van der Waals surface area contributed by atoms with Crippen LogP contribution >= 0.6 is 23.5 Å². The summed E-state index contributed by atoms with van der Waals surface area (Å²) >= 11 is 7.78. The summed E-state index contributed by atoms with van der Waals surface area (Å²) in [4.78, 5) is 7.35. The van der Waals surface area contributed by atoms with E-state index in [0.717, 1.165) is 33.4 Å². The number of aryl methyl sites for hydroxylation is 2. The molecule has 0 amide bonds. The van der Waals surface area contributed by atoms with E-state index in [4.69, 9.17) is 16.3 Å². The zero-order valence-corrected chi connectivity index (χ0v) is 16.2. The topological polar surface area (TPSA) is 55.2 Å². The van der Waals surface area contributed by atoms with Crippen LogP contribution in [-0.4, -0.2) is 21.8 Å². The molecule has 1 N–H and O–H groups in total. The lowest BCUT2D eigenvalue weighted by Gasteiger charge is -2.22. The van der Waals surface area contributed by atoms with Gasteiger partial charge in [0.1, 0.15) is 5.15 Å². The summed E-state index contributed by atoms with van der Waals surface area (Å²) in [5, 5.41) is 4.96. The highest BCUT2D eigenvalue weighted by molar-refractivity contribution is 8.00. The quantitative estimate of drug-likeness (QED) is 0.668. The molecule has 1 aliphatic rings. The maximum atomic E-state index is 6.33. The van der Waals surface area contributed by atoms with Crippen molar-refractivity contribution in [3.63, 3.8) is 0 Å². The molecule has 4 rings (SSSR count). The average Bonchev–Trinajstić information content (AvgIpc) is 3.10. The number of aromatic nitrogens is 3. The summed E-state index contributed by atoms with van der Waals surface area (Å²) in [7, 11) is 3.81. The molecular weight excluding hydrogens is 370 g/mol. The first-order valence-electron chi connectivity index (χ1n) is 8.11. The molecule has 1 aromatic carbocycles. The first-order chi connectivity index (χ1) is 12.6. The van der Waals surface area contributed by atoms with Crippen LogP contribution in [-0.2, 0) is 7.05 Å². The van der Waals surface area contributed by atoms with Crippen molar-refractivity contribution in [1.29, 1.82) is 0 Å². The van der Waals surface area contributed by atoms with Crippen molar-refractivity contribution in [2.45, 2.75) is 18.0 Å². The van der Waals surface area contributed by atoms with Crippen LogP contribution in [0.4, 0.5) is 11.5 Å². The van der Waals surface area contributed by atoms with Gasteiger partial charge in [-0.2, -0.15) is 5.10 Å². The molecule has 0 spiro atoms. The van der Waals surface area contributed by atoms with Gasteiger partial charge in [0.15, 0.2) is 11.6 Å². The van der Waals surface area contributed by atoms with Crippen molar-refractivity contribution in [3.05, 3.63) is 59.0 Å². The van der Waals surface area contributed by atoms with E-state index >= 15 is 0 Å². The number of nitrogens with zero attached hydrogens (tertiary/aromatic N) is 4. The number of rotatable bonds is 4. The molecule has 26 heavy (non-hydrogen) atoms. The predicted octanol–water partition coefficient (Wildman–Crippen LogP) is 4.42. The Hall–Kier alpha value is -2.38. The molecule has 0 bridgehead atoms. The average molecular weight is 388 g/mol. The highest BCUT2D eigenvalue weighted by Gasteiger charge is 2.32. The Labute approximate surface area is 161 Å². The normalized spacial score (nSPS) is 15.7. The SMILES string of the molecule is Cc1nn(C)c(Cl)c1SNc1ccccc1C1Oc2cccnc2N1C. The second kappa shape index (κ2) is 6.74. The van der Waals surface area contributed by atoms with Gasteiger partial charge in [0.05, 0.1) is 16.3 Å². The van der Waals surface area contributed by atoms with Crippen LogP contribution < -0.4 is 14.4 Å². The van der Waals surface area contributed by atoms with E-state index in [-0.39, 0.29) is 6.23 Å². The molecule has 2 aromatic heterocycles. The third kappa shape index (κ3) is 2.87. The summed E-state index contributed by atoms with van der Waals surface area (Å²) in [6.07, 6.45) is 1.53. The van der Waals surface area contributed by atoms with Crippen LogP contribution in [0.1, 0.15) is 17.5 Å². The molecule has 0 radical (unpaired) electrons. The van der Waals surface area contributed by atoms with Crippen molar-refractivity contribution in [3.8, 4) is 5.75 Å². The van der Waals surface area contributed by atoms with E-state index in [1.807, 2.05) is 62.3 Å². The number of hydrogen-bond donors (Lipinski definition) is 1. The van der Waals surface area contributed by atoms with Gasteiger partial charge in [0.25, 0.3) is 0 Å². The fourth-order valence-electron chi connectivity index (χ4n) is 2.96. The Balaban J connectivity index is 1.60. The van der Waals surface area contributed by atoms with Gasteiger partial charge in [0, 0.05) is 25.9 Å². The van der Waals surface area contributed by atoms with E-state index in [9.17, 15) is 0 Å². The smallest absolute Gasteiger partial charge is 0.202 e. The second-order valence-corrected chi connectivity index (χ2v) is 7.20. The summed E-state index contributed by atoms with van der Waals surface area (Å²) in [5.41, 5.74) is 2.87. The molecule has 6 nitrogen and oxygen atoms in total. The van der Waals surface area contributed by atoms with Crippen LogP contribution in [0, 0.1) is 6.92 Å². The molecule has 0 fully saturated rings. The number of para-hydroxylation sites is 1. The summed E-state index contributed by atoms with van der Waals surface area (Å²) < 4.78 is 11.2. The third-order valence-corrected chi connectivity index (χ3v) is 5.83. The maximum absolute atomic E-state index is 6.33. The van der Waals surface area contributed by atoms with E-state index < -0.39 is 0 Å². The van der Waals surface area contributed by atoms with Gasteiger partial charge in [-0.1, -0.05) is 29.8 Å². The van der Waals surface area contributed by atoms with E-state index in [1.165, 1.54) is 11.9 Å². The summed E-state index contributed by atoms with van der Waals surface area (Å²) in [6, 6.07) is 11.9. The maximum Gasteiger partial charge on any atom is 0.202 e. The van der Waals surface area contributed by atoms with Gasteiger partial charge >= 0.3 is 0 Å². The molecule has 1 aliphatic heterocycles. The minimum absolute atomic E-state index is 0.241. The molecule has 3 aromatic rings. The van der Waals surface area contributed by atoms with Crippen molar-refractivity contribution in [2.75, 3.05) is 16.7 Å². The van der Waals surface area contributed by atoms with Crippen LogP contribution in [0.2, 0.25) is 5.15 Å². The Morgan fingerprint density at radius 1 is 1.19 bits per heavy atom. The largest absolute Gasteiger partial charge is 0.462 e. The van der Waals surface area contributed by atoms with E-state index in [1.54, 1.807) is 10.9 Å². The lowest BCUT2D eigenvalue weighted by Crippen LogP contribution is -2.23. The Morgan fingerprint density at radius 3 is 2.73 bits per heavy atom. The lowest BCUT2D eigenvalue weighted by atomic mass is 10.1. The number of hydrogen-bond acceptors (Lipinski definition) is 6. The Bertz CT molecular complexity index is 961. The molecular formula is C18H18ClN5OS. The van der Waals surface area contributed by atoms with Gasteiger partial charge < -0.3 is 14.4 Å². The molecule has 0 saturated heterocycles. The molecule has 134 valence electrons. The van der Waals surface area contributed by atoms with Crippen molar-refractivity contribution in [1.82, 2.24) is 14.8 Å². The number of nitrogens with one attached hydrogen (secondary N) is 1. The van der Waals surface area contributed by atoms with Gasteiger partial charge in [-0.15, -0.1) is 0 Å². The predicted molar refractivity (Wildman–Crippen MR) is 105 cm³/mol. The number of benzene rings is 1. The molecule has 0 saturated carbocycles. The van der Waals surface area contributed by atoms with E-state index in [0.29, 0.717) is 5.15 Å². The second-order valence-electron chi connectivity index (χ2n) is 6.03. The number of ether oxygens (including phenoxy) is 1. The monoisotopic (exact) mass is 387 g/mol. The number of fused-ring (bicyclic) bond motifs is 1. The Morgan fingerprint density at radius 2 is 2.00 bits per heavy atom. The van der Waals surface area contributed by atoms with Crippen LogP contribution in [0.15, 0.2) is 47.5 Å². The molecule has 8 heteroatoms. The first-order valence-corrected chi connectivity index (χ1v) is 9.31. The zero-order chi connectivity index (χ0) is 18.3. The van der Waals surface area contributed by atoms with Crippen molar-refractivity contribution >= 4 is 35.1 Å². The number of pyridine rings is 1. The van der Waals surface area contributed by atoms with Gasteiger partial charge in [0.2, 0.25) is 6.23 Å². The van der Waals surface area contributed by atoms with Gasteiger partial charge in [-0.25, -0.2) is 4.98 Å². The molecule has 0 aliphatic carbocycles. The number of anilines is 2. The van der Waals surface area contributed by atoms with Crippen molar-refractivity contribution < 1.29 is 4.74 Å². The van der Waals surface area contributed by atoms with Gasteiger partial charge in [-0.05, 0) is 37.1 Å². The van der Waals surface area contributed by atoms with E-state index in [2.05, 4.69) is 14.8 Å². The fourth-order valence-corrected chi connectivity index (χ4v) is 4.05. The molecule has 3 heterocycles. The van der Waals surface area contributed by atoms with Crippen molar-refractivity contribution in [2.24, 2.45) is 7.05 Å². The zero-order valence-electron chi connectivity index (χ0n) is 14.6.